The normalized spacial score (nSPS) is 11.1. The minimum absolute atomic E-state index is 0.166. The molecule has 0 aliphatic rings. The lowest BCUT2D eigenvalue weighted by molar-refractivity contribution is 0.0950. The van der Waals surface area contributed by atoms with Crippen LogP contribution in [0.1, 0.15) is 23.1 Å². The summed E-state index contributed by atoms with van der Waals surface area (Å²) in [4.78, 5) is 18.9. The van der Waals surface area contributed by atoms with E-state index in [-0.39, 0.29) is 5.91 Å². The zero-order chi connectivity index (χ0) is 21.2. The van der Waals surface area contributed by atoms with Crippen LogP contribution in [0.15, 0.2) is 78.3 Å². The van der Waals surface area contributed by atoms with Crippen molar-refractivity contribution in [3.63, 3.8) is 0 Å². The van der Waals surface area contributed by atoms with Crippen LogP contribution in [0.5, 0.6) is 0 Å². The molecule has 5 rings (SSSR count). The third-order valence-corrected chi connectivity index (χ3v) is 6.07. The van der Waals surface area contributed by atoms with Gasteiger partial charge in [-0.1, -0.05) is 36.4 Å². The molecule has 1 amide bonds. The highest BCUT2D eigenvalue weighted by atomic mass is 32.1. The molecule has 0 radical (unpaired) electrons. The molecule has 0 saturated carbocycles. The number of para-hydroxylation sites is 3. The first-order chi connectivity index (χ1) is 15.2. The summed E-state index contributed by atoms with van der Waals surface area (Å²) in [5.41, 5.74) is 4.15. The zero-order valence-corrected chi connectivity index (χ0v) is 17.8. The molecule has 2 aromatic carbocycles. The predicted octanol–water partition coefficient (Wildman–Crippen LogP) is 4.90. The number of nitrogens with one attached hydrogen (secondary N) is 1. The van der Waals surface area contributed by atoms with Crippen molar-refractivity contribution in [3.8, 4) is 16.3 Å². The topological polar surface area (TPSA) is 64.7 Å². The molecule has 31 heavy (non-hydrogen) atoms. The molecule has 154 valence electrons. The Bertz CT molecular complexity index is 1340. The SMILES string of the molecule is CCn1c(CNC(=O)c2cn(-c3ccccc3)nc2-c2cccs2)nc2ccccc21. The lowest BCUT2D eigenvalue weighted by atomic mass is 10.2. The second kappa shape index (κ2) is 8.20. The molecule has 0 fully saturated rings. The highest BCUT2D eigenvalue weighted by molar-refractivity contribution is 7.13. The van der Waals surface area contributed by atoms with Gasteiger partial charge in [0.2, 0.25) is 0 Å². The Morgan fingerprint density at radius 2 is 1.84 bits per heavy atom. The van der Waals surface area contributed by atoms with Crippen molar-refractivity contribution in [2.75, 3.05) is 0 Å². The summed E-state index contributed by atoms with van der Waals surface area (Å²) in [6.45, 7) is 3.22. The Kier molecular flexibility index (Phi) is 5.09. The number of hydrogen-bond donors (Lipinski definition) is 1. The summed E-state index contributed by atoms with van der Waals surface area (Å²) in [6.07, 6.45) is 1.79. The van der Waals surface area contributed by atoms with Gasteiger partial charge in [0.15, 0.2) is 0 Å². The van der Waals surface area contributed by atoms with Gasteiger partial charge in [0, 0.05) is 12.7 Å². The van der Waals surface area contributed by atoms with Gasteiger partial charge >= 0.3 is 0 Å². The molecular formula is C24H21N5OS. The monoisotopic (exact) mass is 427 g/mol. The first kappa shape index (κ1) is 19.3. The molecule has 0 saturated heterocycles. The van der Waals surface area contributed by atoms with Crippen molar-refractivity contribution < 1.29 is 4.79 Å². The van der Waals surface area contributed by atoms with Crippen LogP contribution in [0.3, 0.4) is 0 Å². The Morgan fingerprint density at radius 1 is 1.03 bits per heavy atom. The van der Waals surface area contributed by atoms with Gasteiger partial charge in [-0.05, 0) is 42.6 Å². The smallest absolute Gasteiger partial charge is 0.255 e. The Hall–Kier alpha value is -3.71. The first-order valence-electron chi connectivity index (χ1n) is 10.2. The number of hydrogen-bond acceptors (Lipinski definition) is 4. The van der Waals surface area contributed by atoms with E-state index in [0.29, 0.717) is 17.8 Å². The lowest BCUT2D eigenvalue weighted by Gasteiger charge is -2.07. The summed E-state index contributed by atoms with van der Waals surface area (Å²) >= 11 is 1.57. The molecule has 0 unspecified atom stereocenters. The third-order valence-electron chi connectivity index (χ3n) is 5.19. The molecule has 0 atom stereocenters. The van der Waals surface area contributed by atoms with Gasteiger partial charge in [0.05, 0.1) is 33.7 Å². The minimum Gasteiger partial charge on any atom is -0.345 e. The van der Waals surface area contributed by atoms with Crippen LogP contribution >= 0.6 is 11.3 Å². The average molecular weight is 428 g/mol. The molecule has 0 aliphatic heterocycles. The molecule has 0 spiro atoms. The summed E-state index contributed by atoms with van der Waals surface area (Å²) in [5, 5.41) is 9.75. The van der Waals surface area contributed by atoms with E-state index < -0.39 is 0 Å². The average Bonchev–Trinajstić information content (AvgIpc) is 3.55. The maximum absolute atomic E-state index is 13.2. The number of aryl methyl sites for hydroxylation is 1. The fraction of sp³-hybridized carbons (Fsp3) is 0.125. The van der Waals surface area contributed by atoms with E-state index in [0.717, 1.165) is 34.0 Å². The lowest BCUT2D eigenvalue weighted by Crippen LogP contribution is -2.24. The molecular weight excluding hydrogens is 406 g/mol. The quantitative estimate of drug-likeness (QED) is 0.419. The Balaban J connectivity index is 1.46. The number of carbonyl (C=O) groups excluding carboxylic acids is 1. The van der Waals surface area contributed by atoms with E-state index in [2.05, 4.69) is 22.9 Å². The molecule has 1 N–H and O–H groups in total. The molecule has 0 aliphatic carbocycles. The second-order valence-corrected chi connectivity index (χ2v) is 8.04. The van der Waals surface area contributed by atoms with E-state index in [1.807, 2.05) is 66.0 Å². The summed E-state index contributed by atoms with van der Waals surface area (Å²) in [6, 6.07) is 21.8. The number of rotatable bonds is 6. The zero-order valence-electron chi connectivity index (χ0n) is 17.0. The number of aromatic nitrogens is 4. The highest BCUT2D eigenvalue weighted by Gasteiger charge is 2.20. The molecule has 3 aromatic heterocycles. The van der Waals surface area contributed by atoms with Gasteiger partial charge in [0.25, 0.3) is 5.91 Å². The number of amides is 1. The predicted molar refractivity (Wildman–Crippen MR) is 123 cm³/mol. The van der Waals surface area contributed by atoms with Crippen molar-refractivity contribution in [2.45, 2.75) is 20.0 Å². The van der Waals surface area contributed by atoms with Crippen LogP contribution in [-0.4, -0.2) is 25.2 Å². The van der Waals surface area contributed by atoms with Crippen molar-refractivity contribution in [1.82, 2.24) is 24.6 Å². The maximum Gasteiger partial charge on any atom is 0.255 e. The molecule has 7 heteroatoms. The largest absolute Gasteiger partial charge is 0.345 e. The number of carbonyl (C=O) groups is 1. The molecule has 5 aromatic rings. The van der Waals surface area contributed by atoms with Gasteiger partial charge in [-0.25, -0.2) is 9.67 Å². The standard InChI is InChI=1S/C24H21N5OS/c1-2-28-20-12-7-6-11-19(20)26-22(28)15-25-24(30)18-16-29(17-9-4-3-5-10-17)27-23(18)21-13-8-14-31-21/h3-14,16H,2,15H2,1H3,(H,25,30). The van der Waals surface area contributed by atoms with Gasteiger partial charge in [0.1, 0.15) is 11.5 Å². The summed E-state index contributed by atoms with van der Waals surface area (Å²) < 4.78 is 3.88. The summed E-state index contributed by atoms with van der Waals surface area (Å²) in [7, 11) is 0. The minimum atomic E-state index is -0.166. The van der Waals surface area contributed by atoms with E-state index in [1.54, 1.807) is 22.2 Å². The van der Waals surface area contributed by atoms with Crippen molar-refractivity contribution in [3.05, 3.63) is 89.7 Å². The number of fused-ring (bicyclic) bond motifs is 1. The van der Waals surface area contributed by atoms with E-state index >= 15 is 0 Å². The van der Waals surface area contributed by atoms with Crippen molar-refractivity contribution in [2.24, 2.45) is 0 Å². The van der Waals surface area contributed by atoms with Gasteiger partial charge < -0.3 is 9.88 Å². The van der Waals surface area contributed by atoms with Crippen LogP contribution in [-0.2, 0) is 13.1 Å². The summed E-state index contributed by atoms with van der Waals surface area (Å²) in [5.74, 6) is 0.672. The van der Waals surface area contributed by atoms with E-state index in [4.69, 9.17) is 10.1 Å². The van der Waals surface area contributed by atoms with Gasteiger partial charge in [-0.3, -0.25) is 4.79 Å². The second-order valence-electron chi connectivity index (χ2n) is 7.09. The molecule has 3 heterocycles. The number of nitrogens with zero attached hydrogens (tertiary/aromatic N) is 4. The number of imidazole rings is 1. The Morgan fingerprint density at radius 3 is 2.61 bits per heavy atom. The van der Waals surface area contributed by atoms with Gasteiger partial charge in [-0.15, -0.1) is 11.3 Å². The highest BCUT2D eigenvalue weighted by Crippen LogP contribution is 2.28. The van der Waals surface area contributed by atoms with Crippen LogP contribution in [0.25, 0.3) is 27.3 Å². The fourth-order valence-corrected chi connectivity index (χ4v) is 4.44. The Labute approximate surface area is 183 Å². The molecule has 6 nitrogen and oxygen atoms in total. The number of thiophene rings is 1. The van der Waals surface area contributed by atoms with Crippen LogP contribution in [0, 0.1) is 0 Å². The van der Waals surface area contributed by atoms with Crippen LogP contribution in [0.2, 0.25) is 0 Å². The van der Waals surface area contributed by atoms with Crippen molar-refractivity contribution >= 4 is 28.3 Å². The fourth-order valence-electron chi connectivity index (χ4n) is 3.72. The number of benzene rings is 2. The first-order valence-corrected chi connectivity index (χ1v) is 11.0. The van der Waals surface area contributed by atoms with Crippen LogP contribution < -0.4 is 5.32 Å². The third kappa shape index (κ3) is 3.64. The molecule has 0 bridgehead atoms. The van der Waals surface area contributed by atoms with Gasteiger partial charge in [-0.2, -0.15) is 5.10 Å². The van der Waals surface area contributed by atoms with E-state index in [9.17, 15) is 4.79 Å². The van der Waals surface area contributed by atoms with E-state index in [1.165, 1.54) is 0 Å². The van der Waals surface area contributed by atoms with Crippen molar-refractivity contribution in [1.29, 1.82) is 0 Å². The van der Waals surface area contributed by atoms with Crippen LogP contribution in [0.4, 0.5) is 0 Å². The maximum atomic E-state index is 13.2.